The van der Waals surface area contributed by atoms with Crippen molar-refractivity contribution in [3.63, 3.8) is 0 Å². The highest BCUT2D eigenvalue weighted by molar-refractivity contribution is 6.20. The fraction of sp³-hybridized carbons (Fsp3) is 0.176. The summed E-state index contributed by atoms with van der Waals surface area (Å²) < 4.78 is 37.5. The van der Waals surface area contributed by atoms with Gasteiger partial charge >= 0.3 is 6.18 Å². The van der Waals surface area contributed by atoms with Gasteiger partial charge in [-0.3, -0.25) is 24.3 Å². The van der Waals surface area contributed by atoms with Crippen molar-refractivity contribution in [2.75, 3.05) is 11.9 Å². The third kappa shape index (κ3) is 3.41. The Morgan fingerprint density at radius 1 is 1.08 bits per heavy atom. The van der Waals surface area contributed by atoms with Gasteiger partial charge in [-0.15, -0.1) is 0 Å². The van der Waals surface area contributed by atoms with Crippen molar-refractivity contribution in [1.29, 1.82) is 0 Å². The number of aromatic nitrogens is 1. The zero-order valence-corrected chi connectivity index (χ0v) is 13.2. The lowest BCUT2D eigenvalue weighted by Crippen LogP contribution is -2.33. The van der Waals surface area contributed by atoms with Gasteiger partial charge in [-0.1, -0.05) is 0 Å². The Kier molecular flexibility index (Phi) is 4.45. The highest BCUT2D eigenvalue weighted by Gasteiger charge is 2.36. The summed E-state index contributed by atoms with van der Waals surface area (Å²) >= 11 is 0. The number of nitrogens with zero attached hydrogens (tertiary/aromatic N) is 2. The Bertz CT molecular complexity index is 844. The Labute approximate surface area is 145 Å². The maximum atomic E-state index is 12.5. The maximum absolute atomic E-state index is 12.5. The van der Waals surface area contributed by atoms with E-state index in [1.165, 1.54) is 18.3 Å². The van der Waals surface area contributed by atoms with E-state index in [4.69, 9.17) is 0 Å². The molecule has 0 radical (unpaired) electrons. The monoisotopic (exact) mass is 363 g/mol. The van der Waals surface area contributed by atoms with Crippen molar-refractivity contribution >= 4 is 23.4 Å². The van der Waals surface area contributed by atoms with E-state index >= 15 is 0 Å². The van der Waals surface area contributed by atoms with Crippen LogP contribution >= 0.6 is 0 Å². The molecule has 0 atom stereocenters. The van der Waals surface area contributed by atoms with Gasteiger partial charge in [0, 0.05) is 24.8 Å². The van der Waals surface area contributed by atoms with Gasteiger partial charge in [0.05, 0.1) is 11.1 Å². The number of imide groups is 1. The summed E-state index contributed by atoms with van der Waals surface area (Å²) in [5, 5.41) is 2.42. The van der Waals surface area contributed by atoms with Crippen molar-refractivity contribution in [1.82, 2.24) is 9.88 Å². The standard InChI is InChI=1S/C17H12F3N3O3/c18-17(19,20)10-3-5-11(6-4-10)22-13(24)7-9-23-15(25)12-2-1-8-21-14(12)16(23)26/h1-6,8H,7,9H2,(H,22,24). The number of carbonyl (C=O) groups excluding carboxylic acids is 3. The van der Waals surface area contributed by atoms with Crippen molar-refractivity contribution in [3.8, 4) is 0 Å². The highest BCUT2D eigenvalue weighted by atomic mass is 19.4. The Balaban J connectivity index is 1.58. The van der Waals surface area contributed by atoms with Crippen molar-refractivity contribution in [3.05, 3.63) is 59.4 Å². The van der Waals surface area contributed by atoms with Crippen LogP contribution < -0.4 is 5.32 Å². The SMILES string of the molecule is O=C(CCN1C(=O)c2cccnc2C1=O)Nc1ccc(C(F)(F)F)cc1. The number of hydrogen-bond donors (Lipinski definition) is 1. The molecule has 26 heavy (non-hydrogen) atoms. The fourth-order valence-electron chi connectivity index (χ4n) is 2.50. The summed E-state index contributed by atoms with van der Waals surface area (Å²) in [6.07, 6.45) is -3.25. The number of amides is 3. The summed E-state index contributed by atoms with van der Waals surface area (Å²) in [5.41, 5.74) is -0.414. The van der Waals surface area contributed by atoms with Gasteiger partial charge in [0.15, 0.2) is 0 Å². The predicted molar refractivity (Wildman–Crippen MR) is 84.3 cm³/mol. The Morgan fingerprint density at radius 2 is 1.77 bits per heavy atom. The molecule has 134 valence electrons. The number of carbonyl (C=O) groups is 3. The first-order valence-electron chi connectivity index (χ1n) is 7.55. The normalized spacial score (nSPS) is 13.7. The van der Waals surface area contributed by atoms with Gasteiger partial charge in [-0.05, 0) is 36.4 Å². The number of alkyl halides is 3. The van der Waals surface area contributed by atoms with Crippen molar-refractivity contribution in [2.45, 2.75) is 12.6 Å². The first kappa shape index (κ1) is 17.6. The molecule has 3 amide bonds. The minimum absolute atomic E-state index is 0.0423. The van der Waals surface area contributed by atoms with Crippen LogP contribution in [0.3, 0.4) is 0 Å². The van der Waals surface area contributed by atoms with Crippen LogP contribution in [0.15, 0.2) is 42.6 Å². The second-order valence-corrected chi connectivity index (χ2v) is 5.53. The molecule has 1 aliphatic heterocycles. The van der Waals surface area contributed by atoms with Crippen LogP contribution in [0.2, 0.25) is 0 Å². The first-order chi connectivity index (χ1) is 12.3. The minimum atomic E-state index is -4.46. The molecular formula is C17H12F3N3O3. The van der Waals surface area contributed by atoms with E-state index in [1.807, 2.05) is 0 Å². The number of pyridine rings is 1. The summed E-state index contributed by atoms with van der Waals surface area (Å²) in [6.45, 7) is -0.152. The van der Waals surface area contributed by atoms with Crippen LogP contribution in [0.1, 0.15) is 32.8 Å². The molecule has 1 aromatic carbocycles. The second kappa shape index (κ2) is 6.58. The summed E-state index contributed by atoms with van der Waals surface area (Å²) in [5.74, 6) is -1.64. The lowest BCUT2D eigenvalue weighted by Gasteiger charge is -2.13. The van der Waals surface area contributed by atoms with Gasteiger partial charge in [0.25, 0.3) is 11.8 Å². The minimum Gasteiger partial charge on any atom is -0.326 e. The van der Waals surface area contributed by atoms with Crippen molar-refractivity contribution in [2.24, 2.45) is 0 Å². The van der Waals surface area contributed by atoms with E-state index in [0.29, 0.717) is 0 Å². The van der Waals surface area contributed by atoms with E-state index in [9.17, 15) is 27.6 Å². The lowest BCUT2D eigenvalue weighted by molar-refractivity contribution is -0.137. The third-order valence-corrected chi connectivity index (χ3v) is 3.79. The molecule has 1 aromatic heterocycles. The molecule has 3 rings (SSSR count). The molecule has 0 unspecified atom stereocenters. The molecule has 1 N–H and O–H groups in total. The Hall–Kier alpha value is -3.23. The van der Waals surface area contributed by atoms with E-state index in [2.05, 4.69) is 10.3 Å². The molecule has 9 heteroatoms. The molecule has 0 saturated carbocycles. The van der Waals surface area contributed by atoms with Crippen LogP contribution in [0.25, 0.3) is 0 Å². The molecule has 0 fully saturated rings. The third-order valence-electron chi connectivity index (χ3n) is 3.79. The quantitative estimate of drug-likeness (QED) is 0.847. The Morgan fingerprint density at radius 3 is 2.38 bits per heavy atom. The number of benzene rings is 1. The fourth-order valence-corrected chi connectivity index (χ4v) is 2.50. The zero-order valence-electron chi connectivity index (χ0n) is 13.2. The number of anilines is 1. The van der Waals surface area contributed by atoms with Gasteiger partial charge in [-0.25, -0.2) is 0 Å². The highest BCUT2D eigenvalue weighted by Crippen LogP contribution is 2.29. The number of rotatable bonds is 4. The largest absolute Gasteiger partial charge is 0.416 e. The first-order valence-corrected chi connectivity index (χ1v) is 7.55. The maximum Gasteiger partial charge on any atom is 0.416 e. The molecule has 0 bridgehead atoms. The molecule has 6 nitrogen and oxygen atoms in total. The van der Waals surface area contributed by atoms with Crippen LogP contribution in [0.4, 0.5) is 18.9 Å². The molecule has 2 aromatic rings. The zero-order chi connectivity index (χ0) is 18.9. The van der Waals surface area contributed by atoms with Crippen LogP contribution in [-0.4, -0.2) is 34.2 Å². The smallest absolute Gasteiger partial charge is 0.326 e. The van der Waals surface area contributed by atoms with Gasteiger partial charge < -0.3 is 5.32 Å². The van der Waals surface area contributed by atoms with Gasteiger partial charge in [0.1, 0.15) is 5.69 Å². The molecule has 0 saturated heterocycles. The number of fused-ring (bicyclic) bond motifs is 1. The number of halogens is 3. The predicted octanol–water partition coefficient (Wildman–Crippen LogP) is 2.73. The van der Waals surface area contributed by atoms with Crippen LogP contribution in [-0.2, 0) is 11.0 Å². The summed E-state index contributed by atoms with van der Waals surface area (Å²) in [6, 6.07) is 6.98. The summed E-state index contributed by atoms with van der Waals surface area (Å²) in [4.78, 5) is 41.0. The van der Waals surface area contributed by atoms with Crippen LogP contribution in [0, 0.1) is 0 Å². The van der Waals surface area contributed by atoms with E-state index in [-0.39, 0.29) is 29.9 Å². The average molecular weight is 363 g/mol. The molecule has 0 aliphatic carbocycles. The van der Waals surface area contributed by atoms with Crippen molar-refractivity contribution < 1.29 is 27.6 Å². The van der Waals surface area contributed by atoms with E-state index in [1.54, 1.807) is 0 Å². The molecule has 2 heterocycles. The molecule has 1 aliphatic rings. The topological polar surface area (TPSA) is 79.4 Å². The van der Waals surface area contributed by atoms with Gasteiger partial charge in [-0.2, -0.15) is 13.2 Å². The molecular weight excluding hydrogens is 351 g/mol. The number of hydrogen-bond acceptors (Lipinski definition) is 4. The van der Waals surface area contributed by atoms with E-state index in [0.717, 1.165) is 29.2 Å². The average Bonchev–Trinajstić information content (AvgIpc) is 2.84. The van der Waals surface area contributed by atoms with Gasteiger partial charge in [0.2, 0.25) is 5.91 Å². The second-order valence-electron chi connectivity index (χ2n) is 5.53. The van der Waals surface area contributed by atoms with E-state index < -0.39 is 29.5 Å². The summed E-state index contributed by atoms with van der Waals surface area (Å²) in [7, 11) is 0. The van der Waals surface area contributed by atoms with Crippen LogP contribution in [0.5, 0.6) is 0 Å². The lowest BCUT2D eigenvalue weighted by atomic mass is 10.2. The number of nitrogens with one attached hydrogen (secondary N) is 1. The molecule has 0 spiro atoms.